The number of allylic oxidation sites excluding steroid dienone is 2. The molecule has 3 N–H and O–H groups in total. The third-order valence-electron chi connectivity index (χ3n) is 4.31. The Kier molecular flexibility index (Phi) is 7.01. The van der Waals surface area contributed by atoms with Gasteiger partial charge in [0.1, 0.15) is 0 Å². The van der Waals surface area contributed by atoms with Crippen molar-refractivity contribution in [2.75, 3.05) is 0 Å². The van der Waals surface area contributed by atoms with Crippen molar-refractivity contribution < 1.29 is 23.4 Å². The lowest BCUT2D eigenvalue weighted by Gasteiger charge is -2.22. The number of aliphatic hydroxyl groups excluding tert-OH is 1. The molecule has 0 aliphatic heterocycles. The van der Waals surface area contributed by atoms with Gasteiger partial charge in [-0.05, 0) is 49.9 Å². The molecule has 1 aliphatic carbocycles. The highest BCUT2D eigenvalue weighted by Crippen LogP contribution is 2.30. The van der Waals surface area contributed by atoms with E-state index >= 15 is 0 Å². The average Bonchev–Trinajstić information content (AvgIpc) is 2.87. The Hall–Kier alpha value is -1.41. The predicted octanol–water partition coefficient (Wildman–Crippen LogP) is 2.57. The summed E-state index contributed by atoms with van der Waals surface area (Å²) in [5.41, 5.74) is 0. The maximum atomic E-state index is 12.5. The van der Waals surface area contributed by atoms with Crippen molar-refractivity contribution in [1.29, 1.82) is 0 Å². The average molecular weight is 388 g/mol. The molecule has 0 aromatic heterocycles. The fourth-order valence-corrected chi connectivity index (χ4v) is 4.42. The van der Waals surface area contributed by atoms with E-state index in [2.05, 4.69) is 4.72 Å². The smallest absolute Gasteiger partial charge is 0.303 e. The van der Waals surface area contributed by atoms with Crippen LogP contribution in [0, 0.1) is 5.92 Å². The number of sulfonamides is 1. The summed E-state index contributed by atoms with van der Waals surface area (Å²) in [5.74, 6) is -1.10. The molecule has 1 fully saturated rings. The van der Waals surface area contributed by atoms with Gasteiger partial charge in [0, 0.05) is 23.4 Å². The van der Waals surface area contributed by atoms with E-state index in [-0.39, 0.29) is 23.3 Å². The summed E-state index contributed by atoms with van der Waals surface area (Å²) in [7, 11) is -3.68. The second kappa shape index (κ2) is 8.80. The number of benzene rings is 1. The van der Waals surface area contributed by atoms with Crippen molar-refractivity contribution in [1.82, 2.24) is 4.72 Å². The lowest BCUT2D eigenvalue weighted by molar-refractivity contribution is -0.136. The number of carboxylic acid groups (broad SMARTS) is 1. The minimum Gasteiger partial charge on any atom is -0.481 e. The first-order valence-electron chi connectivity index (χ1n) is 8.12. The van der Waals surface area contributed by atoms with Gasteiger partial charge in [-0.2, -0.15) is 0 Å². The van der Waals surface area contributed by atoms with Crippen molar-refractivity contribution in [3.8, 4) is 0 Å². The molecule has 1 aliphatic rings. The molecule has 0 bridgehead atoms. The summed E-state index contributed by atoms with van der Waals surface area (Å²) < 4.78 is 27.6. The number of rotatable bonds is 8. The molecule has 6 nitrogen and oxygen atoms in total. The first-order valence-corrected chi connectivity index (χ1v) is 9.98. The van der Waals surface area contributed by atoms with Crippen LogP contribution in [-0.4, -0.2) is 36.7 Å². The van der Waals surface area contributed by atoms with E-state index in [4.69, 9.17) is 16.7 Å². The molecule has 3 atom stereocenters. The van der Waals surface area contributed by atoms with Crippen LogP contribution in [0.15, 0.2) is 41.3 Å². The number of hydrogen-bond acceptors (Lipinski definition) is 4. The van der Waals surface area contributed by atoms with Gasteiger partial charge in [-0.25, -0.2) is 13.1 Å². The third kappa shape index (κ3) is 5.81. The van der Waals surface area contributed by atoms with Gasteiger partial charge in [0.15, 0.2) is 0 Å². The number of hydrogen-bond donors (Lipinski definition) is 3. The van der Waals surface area contributed by atoms with Gasteiger partial charge in [0.25, 0.3) is 0 Å². The van der Waals surface area contributed by atoms with Crippen molar-refractivity contribution in [3.05, 3.63) is 41.4 Å². The highest BCUT2D eigenvalue weighted by atomic mass is 35.5. The number of nitrogens with one attached hydrogen (secondary N) is 1. The van der Waals surface area contributed by atoms with Gasteiger partial charge >= 0.3 is 5.97 Å². The van der Waals surface area contributed by atoms with E-state index in [0.717, 1.165) is 0 Å². The maximum absolute atomic E-state index is 12.5. The lowest BCUT2D eigenvalue weighted by Crippen LogP contribution is -2.39. The Morgan fingerprint density at radius 1 is 1.24 bits per heavy atom. The zero-order valence-corrected chi connectivity index (χ0v) is 15.2. The summed E-state index contributed by atoms with van der Waals surface area (Å²) in [4.78, 5) is 10.6. The summed E-state index contributed by atoms with van der Waals surface area (Å²) in [5, 5.41) is 19.2. The van der Waals surface area contributed by atoms with E-state index in [1.807, 2.05) is 6.08 Å². The van der Waals surface area contributed by atoms with E-state index in [0.29, 0.717) is 30.7 Å². The maximum Gasteiger partial charge on any atom is 0.303 e. The van der Waals surface area contributed by atoms with Crippen LogP contribution in [0.1, 0.15) is 32.1 Å². The normalized spacial score (nSPS) is 24.0. The molecule has 25 heavy (non-hydrogen) atoms. The molecule has 0 unspecified atom stereocenters. The van der Waals surface area contributed by atoms with Crippen LogP contribution >= 0.6 is 11.6 Å². The van der Waals surface area contributed by atoms with Crippen LogP contribution in [0.3, 0.4) is 0 Å². The predicted molar refractivity (Wildman–Crippen MR) is 94.9 cm³/mol. The molecule has 0 heterocycles. The summed E-state index contributed by atoms with van der Waals surface area (Å²) in [6.07, 6.45) is 5.03. The van der Waals surface area contributed by atoms with Crippen molar-refractivity contribution in [2.45, 2.75) is 49.1 Å². The standard InChI is InChI=1S/C17H22ClNO5S/c18-12-6-8-13(9-7-12)25(23,24)19-15-10-11-16(20)14(15)4-2-1-3-5-17(21)22/h1-2,6-9,14-16,19-20H,3-5,10-11H2,(H,21,22)/b2-1-/t14-,15+,16+/m1/s1. The molecule has 1 saturated carbocycles. The minimum atomic E-state index is -3.68. The second-order valence-electron chi connectivity index (χ2n) is 6.13. The summed E-state index contributed by atoms with van der Waals surface area (Å²) >= 11 is 5.78. The molecular formula is C17H22ClNO5S. The van der Waals surface area contributed by atoms with Crippen molar-refractivity contribution in [3.63, 3.8) is 0 Å². The summed E-state index contributed by atoms with van der Waals surface area (Å²) in [6, 6.07) is 5.55. The summed E-state index contributed by atoms with van der Waals surface area (Å²) in [6.45, 7) is 0. The highest BCUT2D eigenvalue weighted by Gasteiger charge is 2.36. The van der Waals surface area contributed by atoms with Crippen molar-refractivity contribution in [2.24, 2.45) is 5.92 Å². The largest absolute Gasteiger partial charge is 0.481 e. The van der Waals surface area contributed by atoms with Crippen LogP contribution in [-0.2, 0) is 14.8 Å². The number of halogens is 1. The zero-order valence-electron chi connectivity index (χ0n) is 13.6. The lowest BCUT2D eigenvalue weighted by atomic mass is 9.98. The van der Waals surface area contributed by atoms with Crippen LogP contribution in [0.2, 0.25) is 5.02 Å². The quantitative estimate of drug-likeness (QED) is 0.595. The molecule has 0 radical (unpaired) electrons. The van der Waals surface area contributed by atoms with Crippen LogP contribution < -0.4 is 4.72 Å². The second-order valence-corrected chi connectivity index (χ2v) is 8.28. The molecule has 8 heteroatoms. The zero-order chi connectivity index (χ0) is 18.4. The van der Waals surface area contributed by atoms with Crippen LogP contribution in [0.4, 0.5) is 0 Å². The van der Waals surface area contributed by atoms with E-state index in [1.165, 1.54) is 24.3 Å². The molecule has 1 aromatic rings. The Bertz CT molecular complexity index is 717. The molecule has 1 aromatic carbocycles. The molecule has 0 amide bonds. The van der Waals surface area contributed by atoms with Gasteiger partial charge in [0.2, 0.25) is 10.0 Å². The Balaban J connectivity index is 1.99. The molecular weight excluding hydrogens is 366 g/mol. The monoisotopic (exact) mass is 387 g/mol. The van der Waals surface area contributed by atoms with Gasteiger partial charge in [0.05, 0.1) is 11.0 Å². The van der Waals surface area contributed by atoms with E-state index < -0.39 is 22.1 Å². The van der Waals surface area contributed by atoms with E-state index in [9.17, 15) is 18.3 Å². The topological polar surface area (TPSA) is 104 Å². The van der Waals surface area contributed by atoms with E-state index in [1.54, 1.807) is 6.08 Å². The molecule has 2 rings (SSSR count). The molecule has 0 spiro atoms. The number of aliphatic carboxylic acids is 1. The third-order valence-corrected chi connectivity index (χ3v) is 6.07. The van der Waals surface area contributed by atoms with Gasteiger partial charge in [-0.1, -0.05) is 23.8 Å². The first-order chi connectivity index (χ1) is 11.8. The fourth-order valence-electron chi connectivity index (χ4n) is 2.97. The Morgan fingerprint density at radius 3 is 2.56 bits per heavy atom. The molecule has 138 valence electrons. The SMILES string of the molecule is O=C(O)CC/C=C\C[C@@H]1[C@@H](NS(=O)(=O)c2ccc(Cl)cc2)CC[C@@H]1O. The highest BCUT2D eigenvalue weighted by molar-refractivity contribution is 7.89. The fraction of sp³-hybridized carbons (Fsp3) is 0.471. The van der Waals surface area contributed by atoms with Gasteiger partial charge in [-0.15, -0.1) is 0 Å². The minimum absolute atomic E-state index is 0.0519. The number of carboxylic acids is 1. The first kappa shape index (κ1) is 19.9. The Labute approximate surface area is 152 Å². The number of carbonyl (C=O) groups is 1. The Morgan fingerprint density at radius 2 is 1.92 bits per heavy atom. The molecule has 0 saturated heterocycles. The van der Waals surface area contributed by atoms with Gasteiger partial charge < -0.3 is 10.2 Å². The van der Waals surface area contributed by atoms with Gasteiger partial charge in [-0.3, -0.25) is 4.79 Å². The van der Waals surface area contributed by atoms with Crippen LogP contribution in [0.25, 0.3) is 0 Å². The van der Waals surface area contributed by atoms with Crippen molar-refractivity contribution >= 4 is 27.6 Å². The number of aliphatic hydroxyl groups is 1. The van der Waals surface area contributed by atoms with Crippen LogP contribution in [0.5, 0.6) is 0 Å².